The first-order valence-electron chi connectivity index (χ1n) is 12.0. The number of carbonyl (C=O) groups is 2. The highest BCUT2D eigenvalue weighted by molar-refractivity contribution is 6.04. The van der Waals surface area contributed by atoms with Crippen LogP contribution in [0, 0.1) is 0 Å². The molecule has 0 aliphatic carbocycles. The van der Waals surface area contributed by atoms with Crippen molar-refractivity contribution in [2.45, 2.75) is 0 Å². The molecular formula is C32H24N2O4. The summed E-state index contributed by atoms with van der Waals surface area (Å²) in [5.41, 5.74) is 2.56. The SMILES string of the molecule is O=C(Nc1ccc(Oc2ccc(Oc3ccc(NC(=O)c4ccccc4)cc3)cc2)cc1)c1ccccc1. The molecule has 0 saturated heterocycles. The molecule has 0 aliphatic rings. The van der Waals surface area contributed by atoms with Gasteiger partial charge in [-0.1, -0.05) is 36.4 Å². The first-order chi connectivity index (χ1) is 18.6. The summed E-state index contributed by atoms with van der Waals surface area (Å²) in [5, 5.41) is 5.74. The van der Waals surface area contributed by atoms with Crippen molar-refractivity contribution in [3.8, 4) is 23.0 Å². The van der Waals surface area contributed by atoms with Crippen LogP contribution in [0.15, 0.2) is 133 Å². The van der Waals surface area contributed by atoms with Gasteiger partial charge in [-0.05, 0) is 97.1 Å². The zero-order chi connectivity index (χ0) is 26.2. The molecule has 0 aromatic heterocycles. The molecule has 0 fully saturated rings. The maximum Gasteiger partial charge on any atom is 0.255 e. The van der Waals surface area contributed by atoms with Gasteiger partial charge in [-0.15, -0.1) is 0 Å². The number of rotatable bonds is 8. The third-order valence-corrected chi connectivity index (χ3v) is 5.59. The Morgan fingerprint density at radius 1 is 0.395 bits per heavy atom. The molecule has 186 valence electrons. The maximum absolute atomic E-state index is 12.3. The fourth-order valence-electron chi connectivity index (χ4n) is 3.65. The Balaban J connectivity index is 1.13. The fourth-order valence-corrected chi connectivity index (χ4v) is 3.65. The zero-order valence-electron chi connectivity index (χ0n) is 20.3. The van der Waals surface area contributed by atoms with Gasteiger partial charge in [-0.3, -0.25) is 9.59 Å². The Bertz CT molecular complexity index is 1380. The van der Waals surface area contributed by atoms with Gasteiger partial charge in [-0.25, -0.2) is 0 Å². The van der Waals surface area contributed by atoms with E-state index in [2.05, 4.69) is 10.6 Å². The Morgan fingerprint density at radius 2 is 0.684 bits per heavy atom. The van der Waals surface area contributed by atoms with E-state index in [9.17, 15) is 9.59 Å². The second-order valence-corrected chi connectivity index (χ2v) is 8.36. The molecule has 0 unspecified atom stereocenters. The predicted octanol–water partition coefficient (Wildman–Crippen LogP) is 7.78. The lowest BCUT2D eigenvalue weighted by Crippen LogP contribution is -2.11. The number of carbonyl (C=O) groups excluding carboxylic acids is 2. The highest BCUT2D eigenvalue weighted by Gasteiger charge is 2.07. The van der Waals surface area contributed by atoms with Gasteiger partial charge in [0.15, 0.2) is 0 Å². The minimum absolute atomic E-state index is 0.165. The van der Waals surface area contributed by atoms with Gasteiger partial charge in [0.1, 0.15) is 23.0 Å². The second-order valence-electron chi connectivity index (χ2n) is 8.36. The molecule has 0 aliphatic heterocycles. The number of anilines is 2. The van der Waals surface area contributed by atoms with Gasteiger partial charge in [-0.2, -0.15) is 0 Å². The van der Waals surface area contributed by atoms with Crippen molar-refractivity contribution in [1.82, 2.24) is 0 Å². The summed E-state index contributed by atoms with van der Waals surface area (Å²) in [6.07, 6.45) is 0. The Labute approximate surface area is 220 Å². The minimum Gasteiger partial charge on any atom is -0.457 e. The third-order valence-electron chi connectivity index (χ3n) is 5.59. The standard InChI is InChI=1S/C32H24N2O4/c35-31(23-7-3-1-4-8-23)33-25-11-15-27(16-12-25)37-29-19-21-30(22-20-29)38-28-17-13-26(14-18-28)34-32(36)24-9-5-2-6-10-24/h1-22H,(H,33,35)(H,34,36). The van der Waals surface area contributed by atoms with E-state index in [0.29, 0.717) is 45.5 Å². The largest absolute Gasteiger partial charge is 0.457 e. The molecule has 5 rings (SSSR count). The van der Waals surface area contributed by atoms with Crippen LogP contribution < -0.4 is 20.1 Å². The van der Waals surface area contributed by atoms with Crippen molar-refractivity contribution in [3.05, 3.63) is 145 Å². The van der Waals surface area contributed by atoms with Crippen LogP contribution >= 0.6 is 0 Å². The van der Waals surface area contributed by atoms with E-state index in [1.165, 1.54) is 0 Å². The zero-order valence-corrected chi connectivity index (χ0v) is 20.3. The van der Waals surface area contributed by atoms with Crippen molar-refractivity contribution in [1.29, 1.82) is 0 Å². The van der Waals surface area contributed by atoms with Gasteiger partial charge < -0.3 is 20.1 Å². The van der Waals surface area contributed by atoms with Crippen LogP contribution in [0.2, 0.25) is 0 Å². The average Bonchev–Trinajstić information content (AvgIpc) is 2.97. The van der Waals surface area contributed by atoms with E-state index >= 15 is 0 Å². The second kappa shape index (κ2) is 11.6. The lowest BCUT2D eigenvalue weighted by molar-refractivity contribution is 0.101. The quantitative estimate of drug-likeness (QED) is 0.228. The van der Waals surface area contributed by atoms with Crippen LogP contribution in [-0.2, 0) is 0 Å². The molecule has 0 spiro atoms. The molecular weight excluding hydrogens is 476 g/mol. The van der Waals surface area contributed by atoms with E-state index in [-0.39, 0.29) is 11.8 Å². The smallest absolute Gasteiger partial charge is 0.255 e. The number of amides is 2. The molecule has 5 aromatic carbocycles. The summed E-state index contributed by atoms with van der Waals surface area (Å²) in [4.78, 5) is 24.6. The van der Waals surface area contributed by atoms with Crippen molar-refractivity contribution >= 4 is 23.2 Å². The van der Waals surface area contributed by atoms with Crippen molar-refractivity contribution in [3.63, 3.8) is 0 Å². The molecule has 2 amide bonds. The average molecular weight is 501 g/mol. The maximum atomic E-state index is 12.3. The number of hydrogen-bond acceptors (Lipinski definition) is 4. The van der Waals surface area contributed by atoms with Crippen molar-refractivity contribution in [2.24, 2.45) is 0 Å². The number of benzene rings is 5. The Morgan fingerprint density at radius 3 is 1.00 bits per heavy atom. The van der Waals surface area contributed by atoms with Gasteiger partial charge in [0.05, 0.1) is 0 Å². The monoisotopic (exact) mass is 500 g/mol. The number of hydrogen-bond donors (Lipinski definition) is 2. The van der Waals surface area contributed by atoms with Crippen LogP contribution in [0.3, 0.4) is 0 Å². The minimum atomic E-state index is -0.165. The summed E-state index contributed by atoms with van der Waals surface area (Å²) in [7, 11) is 0. The van der Waals surface area contributed by atoms with Crippen LogP contribution in [0.4, 0.5) is 11.4 Å². The Hall–Kier alpha value is -5.36. The van der Waals surface area contributed by atoms with Gasteiger partial charge in [0.2, 0.25) is 0 Å². The summed E-state index contributed by atoms with van der Waals surface area (Å²) < 4.78 is 11.8. The highest BCUT2D eigenvalue weighted by Crippen LogP contribution is 2.28. The summed E-state index contributed by atoms with van der Waals surface area (Å²) in [5.74, 6) is 2.26. The lowest BCUT2D eigenvalue weighted by Gasteiger charge is -2.10. The van der Waals surface area contributed by atoms with Crippen LogP contribution in [0.25, 0.3) is 0 Å². The molecule has 0 saturated carbocycles. The highest BCUT2D eigenvalue weighted by atomic mass is 16.5. The molecule has 5 aromatic rings. The third kappa shape index (κ3) is 6.44. The lowest BCUT2D eigenvalue weighted by atomic mass is 10.2. The van der Waals surface area contributed by atoms with E-state index in [1.807, 2.05) is 60.7 Å². The number of nitrogens with one attached hydrogen (secondary N) is 2. The van der Waals surface area contributed by atoms with Crippen molar-refractivity contribution < 1.29 is 19.1 Å². The molecule has 0 radical (unpaired) electrons. The summed E-state index contributed by atoms with van der Waals surface area (Å²) >= 11 is 0. The van der Waals surface area contributed by atoms with E-state index in [0.717, 1.165) is 0 Å². The van der Waals surface area contributed by atoms with Crippen LogP contribution in [0.1, 0.15) is 20.7 Å². The van der Waals surface area contributed by atoms with Crippen LogP contribution in [0.5, 0.6) is 23.0 Å². The van der Waals surface area contributed by atoms with Gasteiger partial charge in [0, 0.05) is 22.5 Å². The number of ether oxygens (including phenoxy) is 2. The van der Waals surface area contributed by atoms with E-state index < -0.39 is 0 Å². The van der Waals surface area contributed by atoms with E-state index in [1.54, 1.807) is 72.8 Å². The molecule has 6 nitrogen and oxygen atoms in total. The van der Waals surface area contributed by atoms with Crippen molar-refractivity contribution in [2.75, 3.05) is 10.6 Å². The Kier molecular flexibility index (Phi) is 7.42. The van der Waals surface area contributed by atoms with Gasteiger partial charge in [0.25, 0.3) is 11.8 Å². The van der Waals surface area contributed by atoms with E-state index in [4.69, 9.17) is 9.47 Å². The molecule has 0 atom stereocenters. The topological polar surface area (TPSA) is 76.7 Å². The molecule has 0 bridgehead atoms. The first kappa shape index (κ1) is 24.3. The normalized spacial score (nSPS) is 10.3. The molecule has 6 heteroatoms. The van der Waals surface area contributed by atoms with Gasteiger partial charge >= 0.3 is 0 Å². The molecule has 0 heterocycles. The predicted molar refractivity (Wildman–Crippen MR) is 148 cm³/mol. The molecule has 38 heavy (non-hydrogen) atoms. The fraction of sp³-hybridized carbons (Fsp3) is 0. The summed E-state index contributed by atoms with van der Waals surface area (Å²) in [6, 6.07) is 39.7. The molecule has 2 N–H and O–H groups in total. The summed E-state index contributed by atoms with van der Waals surface area (Å²) in [6.45, 7) is 0. The van der Waals surface area contributed by atoms with Crippen LogP contribution in [-0.4, -0.2) is 11.8 Å². The first-order valence-corrected chi connectivity index (χ1v) is 12.0.